The Morgan fingerprint density at radius 1 is 1.31 bits per heavy atom. The van der Waals surface area contributed by atoms with Gasteiger partial charge in [0.2, 0.25) is 0 Å². The molecule has 0 unspecified atom stereocenters. The molecule has 84 valence electrons. The van der Waals surface area contributed by atoms with Crippen molar-refractivity contribution in [1.29, 1.82) is 0 Å². The van der Waals surface area contributed by atoms with Crippen LogP contribution in [0.25, 0.3) is 0 Å². The van der Waals surface area contributed by atoms with Gasteiger partial charge in [-0.1, -0.05) is 30.3 Å². The van der Waals surface area contributed by atoms with Gasteiger partial charge in [0, 0.05) is 31.6 Å². The van der Waals surface area contributed by atoms with E-state index in [2.05, 4.69) is 17.0 Å². The summed E-state index contributed by atoms with van der Waals surface area (Å²) in [5.74, 6) is 0.249. The molecule has 0 fully saturated rings. The maximum Gasteiger partial charge on any atom is 0.150 e. The first-order valence-corrected chi connectivity index (χ1v) is 5.42. The molecular weight excluding hydrogens is 202 g/mol. The lowest BCUT2D eigenvalue weighted by atomic mass is 10.1. The first-order chi connectivity index (χ1) is 7.79. The maximum absolute atomic E-state index is 10.7. The summed E-state index contributed by atoms with van der Waals surface area (Å²) in [5, 5.41) is 9.47. The number of aliphatic hydroxyl groups excluding tert-OH is 1. The number of carbonyl (C=O) groups is 1. The molecular formula is C13H15NO2. The zero-order valence-corrected chi connectivity index (χ0v) is 9.10. The summed E-state index contributed by atoms with van der Waals surface area (Å²) in [4.78, 5) is 12.9. The highest BCUT2D eigenvalue weighted by Gasteiger charge is 2.17. The van der Waals surface area contributed by atoms with E-state index < -0.39 is 0 Å². The quantitative estimate of drug-likeness (QED) is 0.786. The Morgan fingerprint density at radius 3 is 2.75 bits per heavy atom. The molecule has 1 aromatic rings. The highest BCUT2D eigenvalue weighted by atomic mass is 16.3. The van der Waals surface area contributed by atoms with Crippen LogP contribution in [0.4, 0.5) is 0 Å². The molecule has 0 aliphatic carbocycles. The summed E-state index contributed by atoms with van der Waals surface area (Å²) in [6, 6.07) is 10.1. The van der Waals surface area contributed by atoms with E-state index >= 15 is 0 Å². The Kier molecular flexibility index (Phi) is 3.37. The molecule has 1 heterocycles. The molecule has 1 aliphatic heterocycles. The van der Waals surface area contributed by atoms with Crippen LogP contribution in [-0.4, -0.2) is 29.4 Å². The normalized spacial score (nSPS) is 17.5. The summed E-state index contributed by atoms with van der Waals surface area (Å²) in [6.45, 7) is 2.17. The van der Waals surface area contributed by atoms with Gasteiger partial charge in [-0.25, -0.2) is 0 Å². The molecule has 0 atom stereocenters. The topological polar surface area (TPSA) is 40.5 Å². The van der Waals surface area contributed by atoms with Crippen LogP contribution in [0.2, 0.25) is 0 Å². The molecule has 0 radical (unpaired) electrons. The Balaban J connectivity index is 2.01. The van der Waals surface area contributed by atoms with Crippen molar-refractivity contribution in [3.8, 4) is 0 Å². The number of hydrogen-bond acceptors (Lipinski definition) is 3. The van der Waals surface area contributed by atoms with Crippen molar-refractivity contribution in [1.82, 2.24) is 4.90 Å². The molecule has 1 N–H and O–H groups in total. The molecule has 0 bridgehead atoms. The van der Waals surface area contributed by atoms with Crippen LogP contribution in [-0.2, 0) is 11.3 Å². The standard InChI is InChI=1S/C13H15NO2/c15-10-12-9-14(7-6-13(12)16)8-11-4-2-1-3-5-11/h1-5,10,16H,6-9H2. The SMILES string of the molecule is O=CC1=C(O)CCN(Cc2ccccc2)C1. The van der Waals surface area contributed by atoms with Gasteiger partial charge in [0.1, 0.15) is 5.76 Å². The average Bonchev–Trinajstić information content (AvgIpc) is 2.33. The highest BCUT2D eigenvalue weighted by molar-refractivity contribution is 5.74. The van der Waals surface area contributed by atoms with Gasteiger partial charge in [0.25, 0.3) is 0 Å². The van der Waals surface area contributed by atoms with Gasteiger partial charge in [0.05, 0.1) is 0 Å². The minimum absolute atomic E-state index is 0.249. The third kappa shape index (κ3) is 2.49. The summed E-state index contributed by atoms with van der Waals surface area (Å²) in [7, 11) is 0. The van der Waals surface area contributed by atoms with E-state index in [0.29, 0.717) is 18.5 Å². The van der Waals surface area contributed by atoms with Gasteiger partial charge in [0.15, 0.2) is 6.29 Å². The molecule has 0 aromatic heterocycles. The molecule has 1 aliphatic rings. The van der Waals surface area contributed by atoms with E-state index in [4.69, 9.17) is 0 Å². The first kappa shape index (κ1) is 10.9. The molecule has 0 amide bonds. The number of aliphatic hydroxyl groups is 1. The van der Waals surface area contributed by atoms with E-state index in [1.54, 1.807) is 0 Å². The predicted molar refractivity (Wildman–Crippen MR) is 62.1 cm³/mol. The van der Waals surface area contributed by atoms with Crippen molar-refractivity contribution in [3.63, 3.8) is 0 Å². The molecule has 3 heteroatoms. The average molecular weight is 217 g/mol. The Bertz CT molecular complexity index is 398. The Hall–Kier alpha value is -1.61. The summed E-state index contributed by atoms with van der Waals surface area (Å²) < 4.78 is 0. The Labute approximate surface area is 95.0 Å². The van der Waals surface area contributed by atoms with E-state index in [1.807, 2.05) is 18.2 Å². The number of rotatable bonds is 3. The van der Waals surface area contributed by atoms with Gasteiger partial charge in [-0.15, -0.1) is 0 Å². The van der Waals surface area contributed by atoms with Crippen molar-refractivity contribution in [2.75, 3.05) is 13.1 Å². The van der Waals surface area contributed by atoms with Gasteiger partial charge in [-0.3, -0.25) is 9.69 Å². The van der Waals surface area contributed by atoms with Crippen molar-refractivity contribution in [2.45, 2.75) is 13.0 Å². The molecule has 16 heavy (non-hydrogen) atoms. The fourth-order valence-electron chi connectivity index (χ4n) is 1.92. The van der Waals surface area contributed by atoms with Crippen LogP contribution in [0.5, 0.6) is 0 Å². The second-order valence-electron chi connectivity index (χ2n) is 4.04. The van der Waals surface area contributed by atoms with Crippen LogP contribution >= 0.6 is 0 Å². The zero-order valence-electron chi connectivity index (χ0n) is 9.10. The van der Waals surface area contributed by atoms with Crippen LogP contribution < -0.4 is 0 Å². The van der Waals surface area contributed by atoms with Gasteiger partial charge >= 0.3 is 0 Å². The van der Waals surface area contributed by atoms with E-state index in [9.17, 15) is 9.90 Å². The highest BCUT2D eigenvalue weighted by Crippen LogP contribution is 2.16. The minimum atomic E-state index is 0.249. The van der Waals surface area contributed by atoms with Gasteiger partial charge < -0.3 is 5.11 Å². The monoisotopic (exact) mass is 217 g/mol. The summed E-state index contributed by atoms with van der Waals surface area (Å²) in [5.41, 5.74) is 1.75. The molecule has 2 rings (SSSR count). The van der Waals surface area contributed by atoms with E-state index in [0.717, 1.165) is 19.4 Å². The Morgan fingerprint density at radius 2 is 2.06 bits per heavy atom. The van der Waals surface area contributed by atoms with Crippen molar-refractivity contribution in [3.05, 3.63) is 47.2 Å². The fraction of sp³-hybridized carbons (Fsp3) is 0.308. The second-order valence-corrected chi connectivity index (χ2v) is 4.04. The molecule has 0 spiro atoms. The summed E-state index contributed by atoms with van der Waals surface area (Å²) in [6.07, 6.45) is 1.33. The lowest BCUT2D eigenvalue weighted by Gasteiger charge is -2.26. The number of nitrogens with zero attached hydrogens (tertiary/aromatic N) is 1. The largest absolute Gasteiger partial charge is 0.512 e. The van der Waals surface area contributed by atoms with Crippen LogP contribution in [0.15, 0.2) is 41.7 Å². The minimum Gasteiger partial charge on any atom is -0.512 e. The number of benzene rings is 1. The number of carbonyl (C=O) groups excluding carboxylic acids is 1. The first-order valence-electron chi connectivity index (χ1n) is 5.42. The number of aldehydes is 1. The smallest absolute Gasteiger partial charge is 0.150 e. The van der Waals surface area contributed by atoms with Gasteiger partial charge in [-0.05, 0) is 5.56 Å². The maximum atomic E-state index is 10.7. The fourth-order valence-corrected chi connectivity index (χ4v) is 1.92. The molecule has 0 saturated heterocycles. The van der Waals surface area contributed by atoms with E-state index in [1.165, 1.54) is 5.56 Å². The zero-order chi connectivity index (χ0) is 11.4. The lowest BCUT2D eigenvalue weighted by molar-refractivity contribution is -0.105. The van der Waals surface area contributed by atoms with Crippen molar-refractivity contribution in [2.24, 2.45) is 0 Å². The van der Waals surface area contributed by atoms with Crippen molar-refractivity contribution < 1.29 is 9.90 Å². The van der Waals surface area contributed by atoms with Crippen LogP contribution in [0.1, 0.15) is 12.0 Å². The second kappa shape index (κ2) is 4.94. The van der Waals surface area contributed by atoms with Gasteiger partial charge in [-0.2, -0.15) is 0 Å². The molecule has 3 nitrogen and oxygen atoms in total. The van der Waals surface area contributed by atoms with Crippen molar-refractivity contribution >= 4 is 6.29 Å². The van der Waals surface area contributed by atoms with Crippen LogP contribution in [0, 0.1) is 0 Å². The van der Waals surface area contributed by atoms with Crippen LogP contribution in [0.3, 0.4) is 0 Å². The number of hydrogen-bond donors (Lipinski definition) is 1. The van der Waals surface area contributed by atoms with E-state index in [-0.39, 0.29) is 5.76 Å². The third-order valence-corrected chi connectivity index (χ3v) is 2.82. The molecule has 1 aromatic carbocycles. The molecule has 0 saturated carbocycles. The predicted octanol–water partition coefficient (Wildman–Crippen LogP) is 1.90. The lowest BCUT2D eigenvalue weighted by Crippen LogP contribution is -2.31. The third-order valence-electron chi connectivity index (χ3n) is 2.82. The summed E-state index contributed by atoms with van der Waals surface area (Å²) >= 11 is 0.